The number of carboxylic acid groups (broad SMARTS) is 1. The third kappa shape index (κ3) is 3.92. The van der Waals surface area contributed by atoms with Gasteiger partial charge in [-0.15, -0.1) is 0 Å². The van der Waals surface area contributed by atoms with Crippen molar-refractivity contribution in [3.05, 3.63) is 36.4 Å². The molecule has 7 nitrogen and oxygen atoms in total. The molecule has 0 atom stereocenters. The lowest BCUT2D eigenvalue weighted by molar-refractivity contribution is -0.131. The van der Waals surface area contributed by atoms with Crippen molar-refractivity contribution in [2.24, 2.45) is 0 Å². The second-order valence-electron chi connectivity index (χ2n) is 4.80. The molecule has 1 saturated heterocycles. The summed E-state index contributed by atoms with van der Waals surface area (Å²) in [6, 6.07) is 5.78. The number of nitrogens with zero attached hydrogens (tertiary/aromatic N) is 1. The Balaban J connectivity index is 2.07. The Morgan fingerprint density at radius 3 is 2.23 bits per heavy atom. The molecule has 1 aromatic rings. The topological polar surface area (TPSA) is 104 Å². The fraction of sp³-hybridized carbons (Fsp3) is 0.286. The van der Waals surface area contributed by atoms with Crippen LogP contribution in [-0.4, -0.2) is 42.8 Å². The highest BCUT2D eigenvalue weighted by Gasteiger charge is 2.26. The fourth-order valence-corrected chi connectivity index (χ4v) is 3.64. The number of amides is 1. The molecule has 22 heavy (non-hydrogen) atoms. The van der Waals surface area contributed by atoms with E-state index in [1.54, 1.807) is 0 Å². The second-order valence-corrected chi connectivity index (χ2v) is 6.73. The Hall–Kier alpha value is -2.19. The largest absolute Gasteiger partial charge is 0.478 e. The van der Waals surface area contributed by atoms with Gasteiger partial charge in [0.25, 0.3) is 0 Å². The van der Waals surface area contributed by atoms with E-state index in [1.807, 2.05) is 0 Å². The van der Waals surface area contributed by atoms with Gasteiger partial charge in [0.1, 0.15) is 0 Å². The van der Waals surface area contributed by atoms with Crippen molar-refractivity contribution in [3.63, 3.8) is 0 Å². The minimum Gasteiger partial charge on any atom is -0.478 e. The molecule has 0 bridgehead atoms. The van der Waals surface area contributed by atoms with Crippen LogP contribution in [-0.2, 0) is 19.6 Å². The molecule has 0 spiro atoms. The lowest BCUT2D eigenvalue weighted by atomic mass is 10.3. The molecule has 1 heterocycles. The van der Waals surface area contributed by atoms with E-state index in [0.29, 0.717) is 18.8 Å². The summed E-state index contributed by atoms with van der Waals surface area (Å²) in [5, 5.41) is 10.9. The first-order valence-corrected chi connectivity index (χ1v) is 8.16. The van der Waals surface area contributed by atoms with E-state index in [0.717, 1.165) is 25.0 Å². The third-order valence-corrected chi connectivity index (χ3v) is 5.11. The van der Waals surface area contributed by atoms with Gasteiger partial charge in [-0.1, -0.05) is 0 Å². The minimum absolute atomic E-state index is 0.175. The summed E-state index contributed by atoms with van der Waals surface area (Å²) in [4.78, 5) is 21.9. The molecule has 118 valence electrons. The molecule has 0 radical (unpaired) electrons. The van der Waals surface area contributed by atoms with Crippen molar-refractivity contribution in [2.45, 2.75) is 17.7 Å². The van der Waals surface area contributed by atoms with Crippen molar-refractivity contribution < 1.29 is 23.1 Å². The SMILES string of the molecule is O=C(O)/C=C/C(=O)Nc1ccc(S(=O)(=O)N2CCCC2)cc1. The quantitative estimate of drug-likeness (QED) is 0.788. The zero-order valence-corrected chi connectivity index (χ0v) is 12.5. The van der Waals surface area contributed by atoms with Crippen LogP contribution in [0.3, 0.4) is 0 Å². The molecular weight excluding hydrogens is 308 g/mol. The van der Waals surface area contributed by atoms with Crippen LogP contribution in [0, 0.1) is 0 Å². The number of carboxylic acids is 1. The molecule has 0 aliphatic carbocycles. The maximum atomic E-state index is 12.3. The van der Waals surface area contributed by atoms with E-state index in [2.05, 4.69) is 5.32 Å². The summed E-state index contributed by atoms with van der Waals surface area (Å²) in [5.74, 6) is -1.82. The van der Waals surface area contributed by atoms with Gasteiger partial charge in [-0.3, -0.25) is 4.79 Å². The Kier molecular flexibility index (Phi) is 4.94. The number of anilines is 1. The molecule has 8 heteroatoms. The summed E-state index contributed by atoms with van der Waals surface area (Å²) in [6.07, 6.45) is 3.34. The number of hydrogen-bond acceptors (Lipinski definition) is 4. The molecule has 1 amide bonds. The van der Waals surface area contributed by atoms with Crippen LogP contribution >= 0.6 is 0 Å². The van der Waals surface area contributed by atoms with Crippen molar-refractivity contribution >= 4 is 27.6 Å². The van der Waals surface area contributed by atoms with Crippen LogP contribution in [0.1, 0.15) is 12.8 Å². The van der Waals surface area contributed by atoms with Gasteiger partial charge in [0.2, 0.25) is 15.9 Å². The van der Waals surface area contributed by atoms with Gasteiger partial charge in [0.15, 0.2) is 0 Å². The second kappa shape index (κ2) is 6.71. The Bertz CT molecular complexity index is 688. The molecule has 0 aromatic heterocycles. The lowest BCUT2D eigenvalue weighted by Gasteiger charge is -2.15. The summed E-state index contributed by atoms with van der Waals surface area (Å²) in [6.45, 7) is 1.06. The molecule has 0 unspecified atom stereocenters. The van der Waals surface area contributed by atoms with Gasteiger partial charge in [0.05, 0.1) is 4.90 Å². The van der Waals surface area contributed by atoms with Crippen LogP contribution in [0.15, 0.2) is 41.3 Å². The van der Waals surface area contributed by atoms with E-state index in [9.17, 15) is 18.0 Å². The average molecular weight is 324 g/mol. The van der Waals surface area contributed by atoms with Crippen molar-refractivity contribution in [2.75, 3.05) is 18.4 Å². The summed E-state index contributed by atoms with van der Waals surface area (Å²) in [5.41, 5.74) is 0.389. The summed E-state index contributed by atoms with van der Waals surface area (Å²) >= 11 is 0. The zero-order chi connectivity index (χ0) is 16.2. The maximum absolute atomic E-state index is 12.3. The van der Waals surface area contributed by atoms with E-state index >= 15 is 0 Å². The van der Waals surface area contributed by atoms with Crippen molar-refractivity contribution in [1.29, 1.82) is 0 Å². The normalized spacial score (nSPS) is 16.0. The number of sulfonamides is 1. The molecule has 1 aliphatic heterocycles. The minimum atomic E-state index is -3.48. The number of rotatable bonds is 5. The summed E-state index contributed by atoms with van der Waals surface area (Å²) in [7, 11) is -3.48. The number of hydrogen-bond donors (Lipinski definition) is 2. The van der Waals surface area contributed by atoms with Gasteiger partial charge in [0, 0.05) is 30.9 Å². The molecular formula is C14H16N2O5S. The van der Waals surface area contributed by atoms with Gasteiger partial charge in [-0.2, -0.15) is 4.31 Å². The highest BCUT2D eigenvalue weighted by atomic mass is 32.2. The first kappa shape index (κ1) is 16.2. The van der Waals surface area contributed by atoms with Crippen LogP contribution in [0.5, 0.6) is 0 Å². The molecule has 1 aromatic carbocycles. The first-order valence-electron chi connectivity index (χ1n) is 6.72. The van der Waals surface area contributed by atoms with Crippen molar-refractivity contribution in [3.8, 4) is 0 Å². The predicted molar refractivity (Wildman–Crippen MR) is 79.8 cm³/mol. The number of benzene rings is 1. The van der Waals surface area contributed by atoms with Crippen LogP contribution in [0.4, 0.5) is 5.69 Å². The Morgan fingerprint density at radius 1 is 1.09 bits per heavy atom. The first-order chi connectivity index (χ1) is 10.4. The molecule has 2 rings (SSSR count). The van der Waals surface area contributed by atoms with Crippen molar-refractivity contribution in [1.82, 2.24) is 4.31 Å². The Labute approximate surface area is 128 Å². The third-order valence-electron chi connectivity index (χ3n) is 3.20. The van der Waals surface area contributed by atoms with E-state index in [1.165, 1.54) is 28.6 Å². The van der Waals surface area contributed by atoms with Gasteiger partial charge < -0.3 is 10.4 Å². The fourth-order valence-electron chi connectivity index (χ4n) is 2.12. The van der Waals surface area contributed by atoms with Gasteiger partial charge in [-0.05, 0) is 37.1 Å². The molecule has 1 fully saturated rings. The average Bonchev–Trinajstić information content (AvgIpc) is 3.00. The number of carbonyl (C=O) groups is 2. The predicted octanol–water partition coefficient (Wildman–Crippen LogP) is 1.05. The molecule has 1 aliphatic rings. The highest BCUT2D eigenvalue weighted by Crippen LogP contribution is 2.22. The highest BCUT2D eigenvalue weighted by molar-refractivity contribution is 7.89. The number of nitrogens with one attached hydrogen (secondary N) is 1. The lowest BCUT2D eigenvalue weighted by Crippen LogP contribution is -2.27. The summed E-state index contributed by atoms with van der Waals surface area (Å²) < 4.78 is 26.1. The van der Waals surface area contributed by atoms with Crippen LogP contribution in [0.2, 0.25) is 0 Å². The van der Waals surface area contributed by atoms with Crippen LogP contribution in [0.25, 0.3) is 0 Å². The number of carbonyl (C=O) groups excluding carboxylic acids is 1. The van der Waals surface area contributed by atoms with Crippen LogP contribution < -0.4 is 5.32 Å². The monoisotopic (exact) mass is 324 g/mol. The molecule has 2 N–H and O–H groups in total. The molecule has 0 saturated carbocycles. The zero-order valence-electron chi connectivity index (χ0n) is 11.7. The smallest absolute Gasteiger partial charge is 0.328 e. The maximum Gasteiger partial charge on any atom is 0.328 e. The van der Waals surface area contributed by atoms with E-state index < -0.39 is 21.9 Å². The van der Waals surface area contributed by atoms with E-state index in [4.69, 9.17) is 5.11 Å². The number of aliphatic carboxylic acids is 1. The van der Waals surface area contributed by atoms with Gasteiger partial charge in [-0.25, -0.2) is 13.2 Å². The van der Waals surface area contributed by atoms with Gasteiger partial charge >= 0.3 is 5.97 Å². The standard InChI is InChI=1S/C14H16N2O5S/c17-13(7-8-14(18)19)15-11-3-5-12(6-4-11)22(20,21)16-9-1-2-10-16/h3-8H,1-2,9-10H2,(H,15,17)(H,18,19)/b8-7+. The Morgan fingerprint density at radius 2 is 1.68 bits per heavy atom. The van der Waals surface area contributed by atoms with E-state index in [-0.39, 0.29) is 4.90 Å².